The number of hydrogen-bond acceptors (Lipinski definition) is 2. The van der Waals surface area contributed by atoms with Gasteiger partial charge in [-0.15, -0.1) is 6.58 Å². The van der Waals surface area contributed by atoms with Crippen molar-refractivity contribution in [2.45, 2.75) is 44.3 Å². The predicted molar refractivity (Wildman–Crippen MR) is 50.4 cm³/mol. The van der Waals surface area contributed by atoms with Crippen molar-refractivity contribution in [1.29, 1.82) is 0 Å². The van der Waals surface area contributed by atoms with Crippen LogP contribution in [0, 0.1) is 0 Å². The first kappa shape index (κ1) is 13.4. The van der Waals surface area contributed by atoms with Crippen molar-refractivity contribution in [3.8, 4) is 0 Å². The predicted octanol–water partition coefficient (Wildman–Crippen LogP) is 2.52. The Balaban J connectivity index is 3.58. The summed E-state index contributed by atoms with van der Waals surface area (Å²) in [6, 6.07) is -1.58. The summed E-state index contributed by atoms with van der Waals surface area (Å²) in [5, 5.41) is 0. The molecule has 0 radical (unpaired) electrons. The third kappa shape index (κ3) is 5.99. The number of nitrogens with two attached hydrogens (primary N) is 1. The van der Waals surface area contributed by atoms with E-state index in [9.17, 15) is 13.2 Å². The van der Waals surface area contributed by atoms with E-state index in [2.05, 4.69) is 6.58 Å². The minimum Gasteiger partial charge on any atom is -0.271 e. The van der Waals surface area contributed by atoms with Gasteiger partial charge in [-0.1, -0.05) is 18.9 Å². The monoisotopic (exact) mass is 210 g/mol. The molecule has 1 unspecified atom stereocenters. The molecule has 0 bridgehead atoms. The molecule has 0 aromatic heterocycles. The minimum atomic E-state index is -4.24. The van der Waals surface area contributed by atoms with Crippen LogP contribution in [-0.2, 0) is 0 Å². The molecule has 0 saturated heterocycles. The summed E-state index contributed by atoms with van der Waals surface area (Å²) >= 11 is 0. The van der Waals surface area contributed by atoms with Crippen LogP contribution >= 0.6 is 0 Å². The average Bonchev–Trinajstić information content (AvgIpc) is 2.09. The van der Waals surface area contributed by atoms with Gasteiger partial charge in [0.1, 0.15) is 6.04 Å². The zero-order valence-electron chi connectivity index (χ0n) is 8.11. The highest BCUT2D eigenvalue weighted by atomic mass is 19.4. The minimum absolute atomic E-state index is 0.0388. The van der Waals surface area contributed by atoms with Gasteiger partial charge in [0.25, 0.3) is 0 Å². The molecule has 0 aromatic rings. The second-order valence-corrected chi connectivity index (χ2v) is 3.19. The highest BCUT2D eigenvalue weighted by Crippen LogP contribution is 2.23. The smallest absolute Gasteiger partial charge is 0.271 e. The number of alkyl halides is 3. The van der Waals surface area contributed by atoms with Crippen LogP contribution in [-0.4, -0.2) is 12.2 Å². The largest absolute Gasteiger partial charge is 0.405 e. The molecule has 0 rings (SSSR count). The maximum Gasteiger partial charge on any atom is 0.405 e. The van der Waals surface area contributed by atoms with Crippen molar-refractivity contribution >= 4 is 0 Å². The number of allylic oxidation sites excluding steroid dienone is 1. The molecule has 1 atom stereocenters. The van der Waals surface area contributed by atoms with Crippen LogP contribution < -0.4 is 11.3 Å². The third-order valence-corrected chi connectivity index (χ3v) is 2.00. The topological polar surface area (TPSA) is 38.0 Å². The molecular weight excluding hydrogens is 193 g/mol. The fourth-order valence-electron chi connectivity index (χ4n) is 1.16. The fraction of sp³-hybridized carbons (Fsp3) is 0.778. The highest BCUT2D eigenvalue weighted by Gasteiger charge is 2.38. The van der Waals surface area contributed by atoms with Crippen molar-refractivity contribution < 1.29 is 13.2 Å². The standard InChI is InChI=1S/C9H17F3N2/c1-2-3-4-5-6-7-8(14-13)9(10,11)12/h2,8,14H,1,3-7,13H2. The molecule has 0 spiro atoms. The molecule has 3 N–H and O–H groups in total. The Morgan fingerprint density at radius 2 is 1.93 bits per heavy atom. The van der Waals surface area contributed by atoms with Crippen molar-refractivity contribution in [2.75, 3.05) is 0 Å². The summed E-state index contributed by atoms with van der Waals surface area (Å²) in [7, 11) is 0. The van der Waals surface area contributed by atoms with Crippen LogP contribution in [0.2, 0.25) is 0 Å². The van der Waals surface area contributed by atoms with E-state index in [1.165, 1.54) is 0 Å². The van der Waals surface area contributed by atoms with Gasteiger partial charge in [-0.3, -0.25) is 5.84 Å². The average molecular weight is 210 g/mol. The van der Waals surface area contributed by atoms with Crippen molar-refractivity contribution in [3.63, 3.8) is 0 Å². The Kier molecular flexibility index (Phi) is 6.57. The van der Waals surface area contributed by atoms with E-state index >= 15 is 0 Å². The van der Waals surface area contributed by atoms with Crippen LogP contribution in [0.4, 0.5) is 13.2 Å². The van der Waals surface area contributed by atoms with Gasteiger partial charge in [0, 0.05) is 0 Å². The first-order valence-corrected chi connectivity index (χ1v) is 4.66. The first-order chi connectivity index (χ1) is 6.52. The van der Waals surface area contributed by atoms with E-state index in [-0.39, 0.29) is 6.42 Å². The van der Waals surface area contributed by atoms with Gasteiger partial charge < -0.3 is 0 Å². The molecule has 0 amide bonds. The first-order valence-electron chi connectivity index (χ1n) is 4.66. The number of nitrogens with one attached hydrogen (secondary N) is 1. The quantitative estimate of drug-likeness (QED) is 0.293. The van der Waals surface area contributed by atoms with Gasteiger partial charge in [-0.2, -0.15) is 13.2 Å². The molecule has 0 saturated carbocycles. The summed E-state index contributed by atoms with van der Waals surface area (Å²) < 4.78 is 36.4. The molecule has 0 heterocycles. The highest BCUT2D eigenvalue weighted by molar-refractivity contribution is 4.72. The van der Waals surface area contributed by atoms with E-state index in [0.717, 1.165) is 19.3 Å². The maximum atomic E-state index is 12.1. The molecule has 0 aliphatic rings. The molecule has 84 valence electrons. The van der Waals surface area contributed by atoms with Crippen molar-refractivity contribution in [3.05, 3.63) is 12.7 Å². The Hall–Kier alpha value is -0.550. The fourth-order valence-corrected chi connectivity index (χ4v) is 1.16. The third-order valence-electron chi connectivity index (χ3n) is 2.00. The zero-order valence-corrected chi connectivity index (χ0v) is 8.11. The van der Waals surface area contributed by atoms with Gasteiger partial charge in [-0.25, -0.2) is 5.43 Å². The summed E-state index contributed by atoms with van der Waals surface area (Å²) in [4.78, 5) is 0. The number of halogens is 3. The van der Waals surface area contributed by atoms with E-state index < -0.39 is 12.2 Å². The van der Waals surface area contributed by atoms with Gasteiger partial charge in [0.05, 0.1) is 0 Å². The lowest BCUT2D eigenvalue weighted by molar-refractivity contribution is -0.157. The lowest BCUT2D eigenvalue weighted by atomic mass is 10.1. The number of hydrogen-bond donors (Lipinski definition) is 2. The van der Waals surface area contributed by atoms with Gasteiger partial charge in [-0.05, 0) is 19.3 Å². The molecule has 0 aliphatic heterocycles. The Bertz CT molecular complexity index is 157. The van der Waals surface area contributed by atoms with Crippen molar-refractivity contribution in [1.82, 2.24) is 5.43 Å². The maximum absolute atomic E-state index is 12.1. The van der Waals surface area contributed by atoms with Crippen molar-refractivity contribution in [2.24, 2.45) is 5.84 Å². The lowest BCUT2D eigenvalue weighted by Gasteiger charge is -2.18. The van der Waals surface area contributed by atoms with Crippen LogP contribution in [0.3, 0.4) is 0 Å². The van der Waals surface area contributed by atoms with Gasteiger partial charge >= 0.3 is 6.18 Å². The molecule has 0 fully saturated rings. The second kappa shape index (κ2) is 6.84. The lowest BCUT2D eigenvalue weighted by Crippen LogP contribution is -2.45. The van der Waals surface area contributed by atoms with E-state index in [1.807, 2.05) is 0 Å². The molecule has 14 heavy (non-hydrogen) atoms. The van der Waals surface area contributed by atoms with E-state index in [4.69, 9.17) is 5.84 Å². The number of unbranched alkanes of at least 4 members (excludes halogenated alkanes) is 3. The van der Waals surface area contributed by atoms with Crippen LogP contribution in [0.25, 0.3) is 0 Å². The zero-order chi connectivity index (χ0) is 11.0. The van der Waals surface area contributed by atoms with E-state index in [0.29, 0.717) is 6.42 Å². The van der Waals surface area contributed by atoms with Crippen LogP contribution in [0.15, 0.2) is 12.7 Å². The molecule has 0 aromatic carbocycles. The number of rotatable bonds is 7. The SMILES string of the molecule is C=CCCCCCC(NN)C(F)(F)F. The Labute approximate surface area is 82.3 Å². The summed E-state index contributed by atoms with van der Waals surface area (Å²) in [5.74, 6) is 4.81. The Morgan fingerprint density at radius 3 is 2.36 bits per heavy atom. The van der Waals surface area contributed by atoms with Gasteiger partial charge in [0.15, 0.2) is 0 Å². The molecule has 5 heteroatoms. The van der Waals surface area contributed by atoms with Crippen LogP contribution in [0.5, 0.6) is 0 Å². The summed E-state index contributed by atoms with van der Waals surface area (Å²) in [6.45, 7) is 3.54. The normalized spacial score (nSPS) is 14.0. The summed E-state index contributed by atoms with van der Waals surface area (Å²) in [5.41, 5.74) is 1.79. The molecule has 2 nitrogen and oxygen atoms in total. The van der Waals surface area contributed by atoms with Crippen LogP contribution in [0.1, 0.15) is 32.1 Å². The van der Waals surface area contributed by atoms with E-state index in [1.54, 1.807) is 11.5 Å². The number of hydrazine groups is 1. The summed E-state index contributed by atoms with van der Waals surface area (Å²) in [6.07, 6.45) is 0.612. The van der Waals surface area contributed by atoms with Gasteiger partial charge in [0.2, 0.25) is 0 Å². The Morgan fingerprint density at radius 1 is 1.29 bits per heavy atom. The second-order valence-electron chi connectivity index (χ2n) is 3.19. The molecular formula is C9H17F3N2. The molecule has 0 aliphatic carbocycles.